The minimum atomic E-state index is 0.455. The summed E-state index contributed by atoms with van der Waals surface area (Å²) in [6.07, 6.45) is 6.46. The van der Waals surface area contributed by atoms with Gasteiger partial charge < -0.3 is 4.90 Å². The van der Waals surface area contributed by atoms with Gasteiger partial charge in [-0.2, -0.15) is 9.50 Å². The molecule has 0 aromatic carbocycles. The topological polar surface area (TPSA) is 97.9 Å². The minimum Gasteiger partial charge on any atom is -0.340 e. The highest BCUT2D eigenvalue weighted by molar-refractivity contribution is 5.61. The van der Waals surface area contributed by atoms with E-state index in [4.69, 9.17) is 4.98 Å². The van der Waals surface area contributed by atoms with E-state index >= 15 is 0 Å². The van der Waals surface area contributed by atoms with Gasteiger partial charge in [-0.15, -0.1) is 15.3 Å². The molecule has 30 heavy (non-hydrogen) atoms. The molecule has 0 N–H and O–H groups in total. The van der Waals surface area contributed by atoms with Crippen LogP contribution in [0.4, 0.5) is 5.95 Å². The molecule has 1 aliphatic heterocycles. The van der Waals surface area contributed by atoms with Crippen LogP contribution in [0.3, 0.4) is 0 Å². The fourth-order valence-electron chi connectivity index (χ4n) is 4.18. The molecule has 1 fully saturated rings. The molecular weight excluding hydrogens is 378 g/mol. The summed E-state index contributed by atoms with van der Waals surface area (Å²) in [5.41, 5.74) is 3.13. The van der Waals surface area contributed by atoms with Crippen LogP contribution in [0.2, 0.25) is 0 Å². The summed E-state index contributed by atoms with van der Waals surface area (Å²) in [5.74, 6) is 3.03. The Balaban J connectivity index is 1.53. The molecule has 0 spiro atoms. The number of nitrogens with zero attached hydrogens (tertiary/aromatic N) is 9. The first-order valence-corrected chi connectivity index (χ1v) is 10.2. The first-order valence-electron chi connectivity index (χ1n) is 10.2. The lowest BCUT2D eigenvalue weighted by Gasteiger charge is -2.35. The Morgan fingerprint density at radius 1 is 0.933 bits per heavy atom. The van der Waals surface area contributed by atoms with Crippen LogP contribution in [0.1, 0.15) is 26.0 Å². The predicted molar refractivity (Wildman–Crippen MR) is 113 cm³/mol. The molecule has 0 radical (unpaired) electrons. The van der Waals surface area contributed by atoms with Crippen molar-refractivity contribution in [3.05, 3.63) is 42.5 Å². The van der Waals surface area contributed by atoms with E-state index < -0.39 is 0 Å². The summed E-state index contributed by atoms with van der Waals surface area (Å²) in [6, 6.07) is 5.61. The Bertz CT molecular complexity index is 1180. The van der Waals surface area contributed by atoms with Crippen LogP contribution < -0.4 is 4.90 Å². The molecule has 1 saturated heterocycles. The van der Waals surface area contributed by atoms with Crippen LogP contribution in [0, 0.1) is 18.8 Å². The molecule has 152 valence electrons. The zero-order valence-corrected chi connectivity index (χ0v) is 17.3. The molecule has 0 amide bonds. The van der Waals surface area contributed by atoms with E-state index in [9.17, 15) is 0 Å². The van der Waals surface area contributed by atoms with Crippen molar-refractivity contribution in [1.29, 1.82) is 0 Å². The molecule has 9 heteroatoms. The van der Waals surface area contributed by atoms with Gasteiger partial charge in [0.1, 0.15) is 5.69 Å². The van der Waals surface area contributed by atoms with Gasteiger partial charge in [0.2, 0.25) is 5.95 Å². The van der Waals surface area contributed by atoms with E-state index in [2.05, 4.69) is 49.0 Å². The Kier molecular flexibility index (Phi) is 4.57. The number of hydrogen-bond donors (Lipinski definition) is 0. The molecule has 1 aliphatic rings. The quantitative estimate of drug-likeness (QED) is 0.517. The molecular formula is C21H23N9. The Hall–Kier alpha value is -3.49. The van der Waals surface area contributed by atoms with E-state index in [1.54, 1.807) is 23.1 Å². The third-order valence-electron chi connectivity index (χ3n) is 5.47. The van der Waals surface area contributed by atoms with Crippen LogP contribution in [-0.2, 0) is 0 Å². The van der Waals surface area contributed by atoms with Gasteiger partial charge in [-0.1, -0.05) is 13.8 Å². The zero-order chi connectivity index (χ0) is 20.7. The summed E-state index contributed by atoms with van der Waals surface area (Å²) >= 11 is 0. The van der Waals surface area contributed by atoms with Crippen molar-refractivity contribution >= 4 is 11.7 Å². The molecule has 5 heterocycles. The van der Waals surface area contributed by atoms with Crippen molar-refractivity contribution in [1.82, 2.24) is 39.7 Å². The van der Waals surface area contributed by atoms with Crippen molar-refractivity contribution in [2.75, 3.05) is 18.0 Å². The third kappa shape index (κ3) is 3.36. The number of pyridine rings is 1. The first kappa shape index (κ1) is 18.5. The van der Waals surface area contributed by atoms with E-state index in [1.165, 1.54) is 6.42 Å². The first-order chi connectivity index (χ1) is 14.6. The molecule has 5 rings (SSSR count). The number of rotatable bonds is 3. The average Bonchev–Trinajstić information content (AvgIpc) is 3.19. The summed E-state index contributed by atoms with van der Waals surface area (Å²) in [7, 11) is 0. The minimum absolute atomic E-state index is 0.455. The predicted octanol–water partition coefficient (Wildman–Crippen LogP) is 2.83. The van der Waals surface area contributed by atoms with Gasteiger partial charge >= 0.3 is 0 Å². The van der Waals surface area contributed by atoms with Crippen molar-refractivity contribution in [2.24, 2.45) is 11.8 Å². The number of hydrogen-bond acceptors (Lipinski definition) is 8. The SMILES string of the molecule is Cc1c(-c2ccnc(N3CC(C)CC(C)C3)n2)nnc2nc(-c3ccncc3)nn12. The molecule has 0 aliphatic carbocycles. The van der Waals surface area contributed by atoms with E-state index in [0.29, 0.717) is 29.1 Å². The number of aromatic nitrogens is 8. The summed E-state index contributed by atoms with van der Waals surface area (Å²) in [4.78, 5) is 20.1. The van der Waals surface area contributed by atoms with Gasteiger partial charge in [-0.3, -0.25) is 4.98 Å². The Labute approximate surface area is 174 Å². The molecule has 0 bridgehead atoms. The number of fused-ring (bicyclic) bond motifs is 1. The average molecular weight is 401 g/mol. The van der Waals surface area contributed by atoms with Crippen molar-refractivity contribution in [3.63, 3.8) is 0 Å². The van der Waals surface area contributed by atoms with Crippen LogP contribution >= 0.6 is 0 Å². The summed E-state index contributed by atoms with van der Waals surface area (Å²) in [5, 5.41) is 13.3. The second kappa shape index (κ2) is 7.40. The highest BCUT2D eigenvalue weighted by atomic mass is 15.4. The van der Waals surface area contributed by atoms with Crippen LogP contribution in [0.25, 0.3) is 28.6 Å². The van der Waals surface area contributed by atoms with Gasteiger partial charge in [0, 0.05) is 37.2 Å². The second-order valence-corrected chi connectivity index (χ2v) is 8.11. The number of aryl methyl sites for hydroxylation is 1. The van der Waals surface area contributed by atoms with E-state index in [1.807, 2.05) is 25.1 Å². The van der Waals surface area contributed by atoms with Gasteiger partial charge in [-0.25, -0.2) is 9.97 Å². The Morgan fingerprint density at radius 3 is 2.47 bits per heavy atom. The maximum Gasteiger partial charge on any atom is 0.272 e. The smallest absolute Gasteiger partial charge is 0.272 e. The lowest BCUT2D eigenvalue weighted by atomic mass is 9.92. The van der Waals surface area contributed by atoms with E-state index in [0.717, 1.165) is 36.0 Å². The van der Waals surface area contributed by atoms with Gasteiger partial charge in [0.05, 0.1) is 11.4 Å². The normalized spacial score (nSPS) is 19.4. The molecule has 4 aromatic rings. The van der Waals surface area contributed by atoms with Crippen LogP contribution in [0.15, 0.2) is 36.8 Å². The molecule has 2 unspecified atom stereocenters. The highest BCUT2D eigenvalue weighted by Gasteiger charge is 2.24. The van der Waals surface area contributed by atoms with Crippen LogP contribution in [0.5, 0.6) is 0 Å². The largest absolute Gasteiger partial charge is 0.340 e. The third-order valence-corrected chi connectivity index (χ3v) is 5.47. The summed E-state index contributed by atoms with van der Waals surface area (Å²) in [6.45, 7) is 8.45. The lowest BCUT2D eigenvalue weighted by molar-refractivity contribution is 0.353. The van der Waals surface area contributed by atoms with Gasteiger partial charge in [-0.05, 0) is 43.4 Å². The zero-order valence-electron chi connectivity index (χ0n) is 17.3. The Morgan fingerprint density at radius 2 is 1.70 bits per heavy atom. The summed E-state index contributed by atoms with van der Waals surface area (Å²) < 4.78 is 1.71. The maximum absolute atomic E-state index is 4.81. The van der Waals surface area contributed by atoms with Crippen molar-refractivity contribution in [2.45, 2.75) is 27.2 Å². The van der Waals surface area contributed by atoms with Crippen molar-refractivity contribution < 1.29 is 0 Å². The van der Waals surface area contributed by atoms with Crippen LogP contribution in [-0.4, -0.2) is 52.8 Å². The standard InChI is InChI=1S/C21H23N9/c1-13-10-14(2)12-29(11-13)20-23-9-6-17(24-20)18-15(3)30-21(27-26-18)25-19(28-30)16-4-7-22-8-5-16/h4-9,13-14H,10-12H2,1-3H3. The lowest BCUT2D eigenvalue weighted by Crippen LogP contribution is -2.39. The number of piperidine rings is 1. The molecule has 9 nitrogen and oxygen atoms in total. The maximum atomic E-state index is 4.81. The van der Waals surface area contributed by atoms with Crippen molar-refractivity contribution in [3.8, 4) is 22.8 Å². The molecule has 2 atom stereocenters. The van der Waals surface area contributed by atoms with E-state index in [-0.39, 0.29) is 0 Å². The fraction of sp³-hybridized carbons (Fsp3) is 0.381. The second-order valence-electron chi connectivity index (χ2n) is 8.11. The monoisotopic (exact) mass is 401 g/mol. The fourth-order valence-corrected chi connectivity index (χ4v) is 4.18. The van der Waals surface area contributed by atoms with Gasteiger partial charge in [0.15, 0.2) is 5.82 Å². The molecule has 0 saturated carbocycles. The molecule has 4 aromatic heterocycles. The highest BCUT2D eigenvalue weighted by Crippen LogP contribution is 2.26. The van der Waals surface area contributed by atoms with Gasteiger partial charge in [0.25, 0.3) is 5.78 Å². The number of anilines is 1.